The fourth-order valence-corrected chi connectivity index (χ4v) is 1.81. The van der Waals surface area contributed by atoms with Gasteiger partial charge in [0, 0.05) is 24.2 Å². The normalized spacial score (nSPS) is 10.1. The molecule has 0 N–H and O–H groups in total. The Hall–Kier alpha value is -2.95. The number of hydrogen-bond donors (Lipinski definition) is 0. The van der Waals surface area contributed by atoms with Crippen LogP contribution in [0, 0.1) is 0 Å². The van der Waals surface area contributed by atoms with Gasteiger partial charge in [-0.1, -0.05) is 0 Å². The molecule has 0 bridgehead atoms. The zero-order valence-electron chi connectivity index (χ0n) is 11.4. The molecule has 2 aromatic heterocycles. The SMILES string of the molecule is COc1ccc(Oc2nccc(-c3cccnc3)n2)cc1. The van der Waals surface area contributed by atoms with Crippen LogP contribution in [0.15, 0.2) is 61.1 Å². The van der Waals surface area contributed by atoms with Crippen LogP contribution in [0.5, 0.6) is 17.5 Å². The largest absolute Gasteiger partial charge is 0.497 e. The van der Waals surface area contributed by atoms with Gasteiger partial charge in [0.05, 0.1) is 12.8 Å². The molecule has 0 atom stereocenters. The predicted molar refractivity (Wildman–Crippen MR) is 78.3 cm³/mol. The highest BCUT2D eigenvalue weighted by Gasteiger charge is 2.04. The molecule has 104 valence electrons. The third-order valence-corrected chi connectivity index (χ3v) is 2.86. The van der Waals surface area contributed by atoms with Crippen LogP contribution >= 0.6 is 0 Å². The van der Waals surface area contributed by atoms with Crippen LogP contribution in [0.1, 0.15) is 0 Å². The molecule has 0 unspecified atom stereocenters. The van der Waals surface area contributed by atoms with Crippen LogP contribution in [0.25, 0.3) is 11.3 Å². The van der Waals surface area contributed by atoms with Gasteiger partial charge in [0.2, 0.25) is 0 Å². The molecule has 21 heavy (non-hydrogen) atoms. The molecular formula is C16H13N3O2. The molecule has 0 aliphatic heterocycles. The maximum absolute atomic E-state index is 5.64. The van der Waals surface area contributed by atoms with Crippen molar-refractivity contribution in [3.63, 3.8) is 0 Å². The van der Waals surface area contributed by atoms with E-state index in [4.69, 9.17) is 9.47 Å². The highest BCUT2D eigenvalue weighted by atomic mass is 16.5. The molecule has 0 fully saturated rings. The average Bonchev–Trinajstić information content (AvgIpc) is 2.57. The van der Waals surface area contributed by atoms with Crippen LogP contribution in [0.2, 0.25) is 0 Å². The second-order valence-corrected chi connectivity index (χ2v) is 4.24. The molecule has 0 radical (unpaired) electrons. The molecule has 3 rings (SSSR count). The van der Waals surface area contributed by atoms with E-state index in [1.54, 1.807) is 37.8 Å². The van der Waals surface area contributed by atoms with Crippen molar-refractivity contribution in [2.24, 2.45) is 0 Å². The van der Waals surface area contributed by atoms with Gasteiger partial charge in [-0.15, -0.1) is 0 Å². The summed E-state index contributed by atoms with van der Waals surface area (Å²) >= 11 is 0. The minimum atomic E-state index is 0.293. The number of pyridine rings is 1. The molecule has 0 saturated carbocycles. The summed E-state index contributed by atoms with van der Waals surface area (Å²) in [5.41, 5.74) is 1.68. The number of methoxy groups -OCH3 is 1. The first-order valence-electron chi connectivity index (χ1n) is 6.40. The van der Waals surface area contributed by atoms with Crippen molar-refractivity contribution in [2.45, 2.75) is 0 Å². The molecular weight excluding hydrogens is 266 g/mol. The van der Waals surface area contributed by atoms with Crippen molar-refractivity contribution >= 4 is 0 Å². The van der Waals surface area contributed by atoms with Crippen molar-refractivity contribution in [3.8, 4) is 28.8 Å². The Bertz CT molecular complexity index is 715. The van der Waals surface area contributed by atoms with E-state index in [0.717, 1.165) is 17.0 Å². The smallest absolute Gasteiger partial charge is 0.322 e. The highest BCUT2D eigenvalue weighted by molar-refractivity contribution is 5.57. The minimum absolute atomic E-state index is 0.293. The lowest BCUT2D eigenvalue weighted by Crippen LogP contribution is -1.93. The summed E-state index contributed by atoms with van der Waals surface area (Å²) in [6.07, 6.45) is 5.13. The van der Waals surface area contributed by atoms with Crippen LogP contribution in [0.3, 0.4) is 0 Å². The molecule has 5 nitrogen and oxygen atoms in total. The lowest BCUT2D eigenvalue weighted by molar-refractivity contribution is 0.410. The molecule has 0 spiro atoms. The second-order valence-electron chi connectivity index (χ2n) is 4.24. The molecule has 2 heterocycles. The van der Waals surface area contributed by atoms with E-state index in [1.807, 2.05) is 30.3 Å². The number of hydrogen-bond acceptors (Lipinski definition) is 5. The summed E-state index contributed by atoms with van der Waals surface area (Å²) in [5.74, 6) is 1.42. The van der Waals surface area contributed by atoms with Gasteiger partial charge in [0.1, 0.15) is 11.5 Å². The average molecular weight is 279 g/mol. The first-order valence-corrected chi connectivity index (χ1v) is 6.40. The molecule has 0 amide bonds. The molecule has 1 aromatic carbocycles. The van der Waals surface area contributed by atoms with Crippen molar-refractivity contribution in [1.29, 1.82) is 0 Å². The van der Waals surface area contributed by atoms with E-state index in [9.17, 15) is 0 Å². The molecule has 0 saturated heterocycles. The Kier molecular flexibility index (Phi) is 3.73. The lowest BCUT2D eigenvalue weighted by Gasteiger charge is -2.06. The van der Waals surface area contributed by atoms with Crippen molar-refractivity contribution in [3.05, 3.63) is 61.1 Å². The molecule has 0 aliphatic rings. The summed E-state index contributed by atoms with van der Waals surface area (Å²) in [5, 5.41) is 0. The second kappa shape index (κ2) is 6.00. The van der Waals surface area contributed by atoms with Gasteiger partial charge in [0.25, 0.3) is 0 Å². The Balaban J connectivity index is 1.83. The summed E-state index contributed by atoms with van der Waals surface area (Å²) < 4.78 is 10.7. The maximum atomic E-state index is 5.64. The van der Waals surface area contributed by atoms with E-state index in [0.29, 0.717) is 11.8 Å². The van der Waals surface area contributed by atoms with Gasteiger partial charge in [0.15, 0.2) is 0 Å². The minimum Gasteiger partial charge on any atom is -0.497 e. The first-order chi connectivity index (χ1) is 10.3. The topological polar surface area (TPSA) is 57.1 Å². The fourth-order valence-electron chi connectivity index (χ4n) is 1.81. The van der Waals surface area contributed by atoms with E-state index in [-0.39, 0.29) is 0 Å². The fraction of sp³-hybridized carbons (Fsp3) is 0.0625. The highest BCUT2D eigenvalue weighted by Crippen LogP contribution is 2.23. The number of rotatable bonds is 4. The summed E-state index contributed by atoms with van der Waals surface area (Å²) in [4.78, 5) is 12.6. The summed E-state index contributed by atoms with van der Waals surface area (Å²) in [7, 11) is 1.62. The van der Waals surface area contributed by atoms with E-state index >= 15 is 0 Å². The molecule has 3 aromatic rings. The first kappa shape index (κ1) is 13.1. The Morgan fingerprint density at radius 3 is 2.43 bits per heavy atom. The van der Waals surface area contributed by atoms with Gasteiger partial charge >= 0.3 is 6.01 Å². The van der Waals surface area contributed by atoms with Gasteiger partial charge < -0.3 is 9.47 Å². The maximum Gasteiger partial charge on any atom is 0.322 e. The molecule has 5 heteroatoms. The molecule has 0 aliphatic carbocycles. The van der Waals surface area contributed by atoms with Crippen molar-refractivity contribution < 1.29 is 9.47 Å². The van der Waals surface area contributed by atoms with Crippen molar-refractivity contribution in [2.75, 3.05) is 7.11 Å². The Morgan fingerprint density at radius 1 is 0.905 bits per heavy atom. The summed E-state index contributed by atoms with van der Waals surface area (Å²) in [6.45, 7) is 0. The van der Waals surface area contributed by atoms with Gasteiger partial charge in [-0.05, 0) is 42.5 Å². The third-order valence-electron chi connectivity index (χ3n) is 2.86. The van der Waals surface area contributed by atoms with E-state index in [1.165, 1.54) is 0 Å². The van der Waals surface area contributed by atoms with Crippen LogP contribution in [-0.2, 0) is 0 Å². The monoisotopic (exact) mass is 279 g/mol. The number of aromatic nitrogens is 3. The number of ether oxygens (including phenoxy) is 2. The quantitative estimate of drug-likeness (QED) is 0.733. The Labute approximate surface area is 122 Å². The van der Waals surface area contributed by atoms with Gasteiger partial charge in [-0.2, -0.15) is 4.98 Å². The predicted octanol–water partition coefficient (Wildman–Crippen LogP) is 3.34. The number of nitrogens with zero attached hydrogens (tertiary/aromatic N) is 3. The van der Waals surface area contributed by atoms with E-state index < -0.39 is 0 Å². The van der Waals surface area contributed by atoms with Crippen LogP contribution in [0.4, 0.5) is 0 Å². The van der Waals surface area contributed by atoms with E-state index in [2.05, 4.69) is 15.0 Å². The van der Waals surface area contributed by atoms with Gasteiger partial charge in [-0.25, -0.2) is 4.98 Å². The third kappa shape index (κ3) is 3.14. The summed E-state index contributed by atoms with van der Waals surface area (Å²) in [6, 6.07) is 13.2. The zero-order valence-corrected chi connectivity index (χ0v) is 11.4. The van der Waals surface area contributed by atoms with Crippen LogP contribution in [-0.4, -0.2) is 22.1 Å². The number of benzene rings is 1. The van der Waals surface area contributed by atoms with Crippen LogP contribution < -0.4 is 9.47 Å². The van der Waals surface area contributed by atoms with Gasteiger partial charge in [-0.3, -0.25) is 4.98 Å². The lowest BCUT2D eigenvalue weighted by atomic mass is 10.2. The standard InChI is InChI=1S/C16H13N3O2/c1-20-13-4-6-14(7-5-13)21-16-18-10-8-15(19-16)12-3-2-9-17-11-12/h2-11H,1H3. The van der Waals surface area contributed by atoms with Crippen molar-refractivity contribution in [1.82, 2.24) is 15.0 Å². The Morgan fingerprint density at radius 2 is 1.71 bits per heavy atom. The zero-order chi connectivity index (χ0) is 14.5.